The summed E-state index contributed by atoms with van der Waals surface area (Å²) in [6, 6.07) is 9.69. The number of aromatic nitrogens is 2. The zero-order chi connectivity index (χ0) is 20.4. The summed E-state index contributed by atoms with van der Waals surface area (Å²) in [5, 5.41) is 9.89. The van der Waals surface area contributed by atoms with E-state index in [2.05, 4.69) is 27.0 Å². The van der Waals surface area contributed by atoms with E-state index in [-0.39, 0.29) is 5.63 Å². The predicted octanol–water partition coefficient (Wildman–Crippen LogP) is 3.90. The highest BCUT2D eigenvalue weighted by Crippen LogP contribution is 2.28. The van der Waals surface area contributed by atoms with Gasteiger partial charge in [0, 0.05) is 48.3 Å². The molecule has 1 saturated heterocycles. The maximum Gasteiger partial charge on any atom is 0.336 e. The van der Waals surface area contributed by atoms with Crippen LogP contribution >= 0.6 is 11.6 Å². The Hall–Kier alpha value is -2.44. The van der Waals surface area contributed by atoms with Crippen LogP contribution in [-0.2, 0) is 13.0 Å². The average Bonchev–Trinajstić information content (AvgIpc) is 3.16. The van der Waals surface area contributed by atoms with Crippen LogP contribution in [0.3, 0.4) is 0 Å². The number of likely N-dealkylation sites (N-methyl/N-ethyl adjacent to an activating group) is 1. The number of halogens is 1. The van der Waals surface area contributed by atoms with Gasteiger partial charge in [-0.3, -0.25) is 0 Å². The number of anilines is 1. The van der Waals surface area contributed by atoms with Crippen LogP contribution in [0, 0.1) is 0 Å². The fourth-order valence-electron chi connectivity index (χ4n) is 4.18. The van der Waals surface area contributed by atoms with E-state index in [0.29, 0.717) is 23.2 Å². The van der Waals surface area contributed by atoms with Gasteiger partial charge in [0.1, 0.15) is 5.58 Å². The predicted molar refractivity (Wildman–Crippen MR) is 116 cm³/mol. The molecule has 3 heterocycles. The van der Waals surface area contributed by atoms with Crippen molar-refractivity contribution in [2.24, 2.45) is 0 Å². The minimum Gasteiger partial charge on any atom is -0.423 e. The third-order valence-corrected chi connectivity index (χ3v) is 5.92. The van der Waals surface area contributed by atoms with Crippen LogP contribution in [0.4, 0.5) is 5.82 Å². The second kappa shape index (κ2) is 8.51. The minimum atomic E-state index is -0.327. The van der Waals surface area contributed by atoms with Gasteiger partial charge in [-0.15, -0.1) is 5.10 Å². The van der Waals surface area contributed by atoms with Crippen LogP contribution in [0.5, 0.6) is 0 Å². The molecule has 1 aliphatic rings. The van der Waals surface area contributed by atoms with Crippen LogP contribution in [0.25, 0.3) is 11.0 Å². The normalized spacial score (nSPS) is 16.8. The summed E-state index contributed by atoms with van der Waals surface area (Å²) in [5.74, 6) is 0.924. The molecule has 29 heavy (non-hydrogen) atoms. The van der Waals surface area contributed by atoms with E-state index in [9.17, 15) is 4.79 Å². The summed E-state index contributed by atoms with van der Waals surface area (Å²) in [6.07, 6.45) is 4.75. The van der Waals surface area contributed by atoms with Gasteiger partial charge in [0.2, 0.25) is 0 Å². The largest absolute Gasteiger partial charge is 0.423 e. The molecule has 6 nitrogen and oxygen atoms in total. The molecule has 4 rings (SSSR count). The second-order valence-electron chi connectivity index (χ2n) is 7.65. The van der Waals surface area contributed by atoms with Crippen molar-refractivity contribution in [3.05, 3.63) is 63.1 Å². The molecule has 0 spiro atoms. The van der Waals surface area contributed by atoms with E-state index in [0.717, 1.165) is 54.7 Å². The van der Waals surface area contributed by atoms with Gasteiger partial charge in [0.05, 0.1) is 0 Å². The number of hydrogen-bond acceptors (Lipinski definition) is 6. The first kappa shape index (κ1) is 19.9. The summed E-state index contributed by atoms with van der Waals surface area (Å²) in [7, 11) is 2.08. The van der Waals surface area contributed by atoms with Crippen molar-refractivity contribution in [1.29, 1.82) is 0 Å². The Morgan fingerprint density at radius 1 is 1.31 bits per heavy atom. The van der Waals surface area contributed by atoms with Gasteiger partial charge in [0.25, 0.3) is 0 Å². The third kappa shape index (κ3) is 4.28. The Balaban J connectivity index is 1.55. The van der Waals surface area contributed by atoms with Crippen LogP contribution in [0.1, 0.15) is 30.9 Å². The molecule has 152 valence electrons. The topological polar surface area (TPSA) is 62.5 Å². The van der Waals surface area contributed by atoms with E-state index in [1.807, 2.05) is 31.2 Å². The van der Waals surface area contributed by atoms with E-state index >= 15 is 0 Å². The number of nitrogens with zero attached hydrogens (tertiary/aromatic N) is 4. The fraction of sp³-hybridized carbons (Fsp3) is 0.409. The molecular weight excluding hydrogens is 388 g/mol. The molecule has 0 amide bonds. The lowest BCUT2D eigenvalue weighted by Gasteiger charge is -2.29. The molecule has 1 atom stereocenters. The summed E-state index contributed by atoms with van der Waals surface area (Å²) >= 11 is 6.42. The van der Waals surface area contributed by atoms with E-state index in [1.165, 1.54) is 0 Å². The number of aryl methyl sites for hydroxylation is 1. The maximum absolute atomic E-state index is 12.1. The Morgan fingerprint density at radius 2 is 2.17 bits per heavy atom. The van der Waals surface area contributed by atoms with E-state index in [4.69, 9.17) is 16.0 Å². The lowest BCUT2D eigenvalue weighted by Crippen LogP contribution is -2.39. The van der Waals surface area contributed by atoms with E-state index < -0.39 is 0 Å². The van der Waals surface area contributed by atoms with Crippen LogP contribution in [0.2, 0.25) is 5.02 Å². The van der Waals surface area contributed by atoms with Gasteiger partial charge in [-0.1, -0.05) is 18.5 Å². The quantitative estimate of drug-likeness (QED) is 0.572. The molecule has 1 unspecified atom stereocenters. The molecule has 1 aromatic carbocycles. The average molecular weight is 413 g/mol. The first-order valence-corrected chi connectivity index (χ1v) is 10.4. The Bertz CT molecular complexity index is 1050. The van der Waals surface area contributed by atoms with Gasteiger partial charge >= 0.3 is 5.63 Å². The molecule has 3 aromatic rings. The molecule has 0 saturated carbocycles. The molecule has 1 aliphatic heterocycles. The summed E-state index contributed by atoms with van der Waals surface area (Å²) in [5.41, 5.74) is 2.20. The fourth-order valence-corrected chi connectivity index (χ4v) is 4.48. The van der Waals surface area contributed by atoms with Crippen molar-refractivity contribution < 1.29 is 4.42 Å². The lowest BCUT2D eigenvalue weighted by atomic mass is 10.1. The smallest absolute Gasteiger partial charge is 0.336 e. The monoisotopic (exact) mass is 412 g/mol. The van der Waals surface area contributed by atoms with Crippen molar-refractivity contribution in [3.63, 3.8) is 0 Å². The van der Waals surface area contributed by atoms with Gasteiger partial charge in [-0.25, -0.2) is 4.79 Å². The van der Waals surface area contributed by atoms with Crippen molar-refractivity contribution in [3.8, 4) is 0 Å². The van der Waals surface area contributed by atoms with Crippen LogP contribution in [0.15, 0.2) is 45.7 Å². The molecular formula is C22H25ClN4O2. The zero-order valence-corrected chi connectivity index (χ0v) is 17.5. The second-order valence-corrected chi connectivity index (χ2v) is 8.06. The number of benzene rings is 1. The molecule has 0 N–H and O–H groups in total. The highest BCUT2D eigenvalue weighted by molar-refractivity contribution is 6.32. The highest BCUT2D eigenvalue weighted by atomic mass is 35.5. The molecule has 0 aliphatic carbocycles. The summed E-state index contributed by atoms with van der Waals surface area (Å²) < 4.78 is 5.43. The highest BCUT2D eigenvalue weighted by Gasteiger charge is 2.27. The SMILES string of the molecule is CCc1cc2oc(=O)cc(CN(C)CC3CCCN3c3cccnn3)c2cc1Cl. The molecule has 0 bridgehead atoms. The van der Waals surface area contributed by atoms with E-state index in [1.54, 1.807) is 12.3 Å². The first-order valence-electron chi connectivity index (χ1n) is 10.0. The van der Waals surface area contributed by atoms with Gasteiger partial charge in [0.15, 0.2) is 5.82 Å². The minimum absolute atomic E-state index is 0.327. The zero-order valence-electron chi connectivity index (χ0n) is 16.8. The first-order chi connectivity index (χ1) is 14.0. The van der Waals surface area contributed by atoms with Crippen molar-refractivity contribution in [2.75, 3.05) is 25.0 Å². The molecule has 1 fully saturated rings. The van der Waals surface area contributed by atoms with Crippen LogP contribution in [-0.4, -0.2) is 41.3 Å². The number of fused-ring (bicyclic) bond motifs is 1. The Labute approximate surface area is 175 Å². The Kier molecular flexibility index (Phi) is 5.83. The molecule has 2 aromatic heterocycles. The third-order valence-electron chi connectivity index (χ3n) is 5.57. The summed E-state index contributed by atoms with van der Waals surface area (Å²) in [6.45, 7) is 4.55. The van der Waals surface area contributed by atoms with Gasteiger partial charge < -0.3 is 14.2 Å². The standard InChI is InChI=1S/C22H25ClN4O2/c1-3-15-10-20-18(12-19(15)23)16(11-22(28)29-20)13-26(2)14-17-6-5-9-27(17)21-7-4-8-24-25-21/h4,7-8,10-12,17H,3,5-6,9,13-14H2,1-2H3. The van der Waals surface area contributed by atoms with Crippen molar-refractivity contribution in [2.45, 2.75) is 38.8 Å². The Morgan fingerprint density at radius 3 is 2.93 bits per heavy atom. The lowest BCUT2D eigenvalue weighted by molar-refractivity contribution is 0.303. The summed E-state index contributed by atoms with van der Waals surface area (Å²) in [4.78, 5) is 16.7. The van der Waals surface area contributed by atoms with Gasteiger partial charge in [-0.05, 0) is 61.7 Å². The van der Waals surface area contributed by atoms with Crippen LogP contribution < -0.4 is 10.5 Å². The van der Waals surface area contributed by atoms with Gasteiger partial charge in [-0.2, -0.15) is 5.10 Å². The maximum atomic E-state index is 12.1. The molecule has 7 heteroatoms. The number of hydrogen-bond donors (Lipinski definition) is 0. The number of rotatable bonds is 6. The van der Waals surface area contributed by atoms with Crippen molar-refractivity contribution in [1.82, 2.24) is 15.1 Å². The van der Waals surface area contributed by atoms with Crippen molar-refractivity contribution >= 4 is 28.4 Å². The molecule has 0 radical (unpaired) electrons.